The molecule has 6 heteroatoms. The lowest BCUT2D eigenvalue weighted by molar-refractivity contribution is 0.584. The highest BCUT2D eigenvalue weighted by Gasteiger charge is 2.02. The summed E-state index contributed by atoms with van der Waals surface area (Å²) in [6.07, 6.45) is 2.57. The fourth-order valence-corrected chi connectivity index (χ4v) is 1.22. The molecule has 17 heavy (non-hydrogen) atoms. The number of hydrogen-bond donors (Lipinski definition) is 1. The van der Waals surface area contributed by atoms with Gasteiger partial charge in [-0.25, -0.2) is 18.7 Å². The topological polar surface area (TPSA) is 61.6 Å². The Morgan fingerprint density at radius 2 is 1.76 bits per heavy atom. The summed E-state index contributed by atoms with van der Waals surface area (Å²) in [4.78, 5) is 7.63. The molecule has 0 spiro atoms. The maximum absolute atomic E-state index is 12.9. The molecule has 0 radical (unpaired) electrons. The predicted octanol–water partition coefficient (Wildman–Crippen LogP) is 2.37. The maximum Gasteiger partial charge on any atom is 0.158 e. The first-order valence-corrected chi connectivity index (χ1v) is 4.62. The molecule has 1 aromatic heterocycles. The molecule has 2 aromatic rings. The molecule has 0 aliphatic rings. The Morgan fingerprint density at radius 3 is 2.29 bits per heavy atom. The van der Waals surface area contributed by atoms with E-state index in [9.17, 15) is 8.78 Å². The summed E-state index contributed by atoms with van der Waals surface area (Å²) in [6, 6.07) is 4.84. The van der Waals surface area contributed by atoms with E-state index >= 15 is 0 Å². The smallest absolute Gasteiger partial charge is 0.158 e. The van der Waals surface area contributed by atoms with Gasteiger partial charge in [-0.2, -0.15) is 5.26 Å². The van der Waals surface area contributed by atoms with Gasteiger partial charge in [-0.3, -0.25) is 0 Å². The van der Waals surface area contributed by atoms with Gasteiger partial charge >= 0.3 is 0 Å². The van der Waals surface area contributed by atoms with Gasteiger partial charge in [0.1, 0.15) is 23.5 Å². The average Bonchev–Trinajstić information content (AvgIpc) is 2.28. The van der Waals surface area contributed by atoms with Crippen LogP contribution in [0, 0.1) is 23.0 Å². The Hall–Kier alpha value is -2.55. The molecule has 1 N–H and O–H groups in total. The SMILES string of the molecule is N#Cc1cnc(Nc2cc(F)cc(F)c2)cn1. The van der Waals surface area contributed by atoms with Crippen LogP contribution in [0.25, 0.3) is 0 Å². The lowest BCUT2D eigenvalue weighted by atomic mass is 10.3. The van der Waals surface area contributed by atoms with Crippen molar-refractivity contribution in [3.8, 4) is 6.07 Å². The van der Waals surface area contributed by atoms with Gasteiger partial charge in [0.05, 0.1) is 12.4 Å². The number of anilines is 2. The second-order valence-electron chi connectivity index (χ2n) is 3.18. The molecule has 0 fully saturated rings. The molecule has 1 aromatic carbocycles. The Labute approximate surface area is 95.6 Å². The number of nitrogens with one attached hydrogen (secondary N) is 1. The number of benzene rings is 1. The van der Waals surface area contributed by atoms with E-state index in [1.807, 2.05) is 6.07 Å². The number of halogens is 2. The number of hydrogen-bond acceptors (Lipinski definition) is 4. The lowest BCUT2D eigenvalue weighted by Gasteiger charge is -2.05. The molecule has 1 heterocycles. The van der Waals surface area contributed by atoms with Crippen molar-refractivity contribution < 1.29 is 8.78 Å². The van der Waals surface area contributed by atoms with Crippen LogP contribution in [-0.2, 0) is 0 Å². The van der Waals surface area contributed by atoms with Gasteiger partial charge in [0.2, 0.25) is 0 Å². The van der Waals surface area contributed by atoms with Gasteiger partial charge in [-0.15, -0.1) is 0 Å². The first-order valence-electron chi connectivity index (χ1n) is 4.62. The van der Waals surface area contributed by atoms with Crippen LogP contribution in [0.1, 0.15) is 5.69 Å². The van der Waals surface area contributed by atoms with E-state index in [2.05, 4.69) is 15.3 Å². The molecule has 0 aliphatic carbocycles. The quantitative estimate of drug-likeness (QED) is 0.863. The van der Waals surface area contributed by atoms with Crippen molar-refractivity contribution in [2.75, 3.05) is 5.32 Å². The van der Waals surface area contributed by atoms with Crippen molar-refractivity contribution in [2.45, 2.75) is 0 Å². The maximum atomic E-state index is 12.9. The third kappa shape index (κ3) is 2.72. The van der Waals surface area contributed by atoms with Crippen molar-refractivity contribution in [1.29, 1.82) is 5.26 Å². The van der Waals surface area contributed by atoms with Crippen LogP contribution >= 0.6 is 0 Å². The molecule has 0 saturated heterocycles. The Balaban J connectivity index is 2.22. The summed E-state index contributed by atoms with van der Waals surface area (Å²) in [5.41, 5.74) is 0.391. The van der Waals surface area contributed by atoms with Crippen molar-refractivity contribution >= 4 is 11.5 Å². The summed E-state index contributed by atoms with van der Waals surface area (Å²) in [5, 5.41) is 11.2. The van der Waals surface area contributed by atoms with Gasteiger partial charge in [-0.1, -0.05) is 0 Å². The monoisotopic (exact) mass is 232 g/mol. The average molecular weight is 232 g/mol. The van der Waals surface area contributed by atoms with Crippen LogP contribution in [0.5, 0.6) is 0 Å². The normalized spacial score (nSPS) is 9.71. The van der Waals surface area contributed by atoms with Crippen LogP contribution in [0.3, 0.4) is 0 Å². The van der Waals surface area contributed by atoms with Crippen LogP contribution < -0.4 is 5.32 Å². The van der Waals surface area contributed by atoms with Gasteiger partial charge in [0.15, 0.2) is 5.69 Å². The third-order valence-electron chi connectivity index (χ3n) is 1.90. The molecular weight excluding hydrogens is 226 g/mol. The van der Waals surface area contributed by atoms with Crippen LogP contribution in [0.15, 0.2) is 30.6 Å². The largest absolute Gasteiger partial charge is 0.339 e. The highest BCUT2D eigenvalue weighted by molar-refractivity contribution is 5.55. The van der Waals surface area contributed by atoms with Gasteiger partial charge < -0.3 is 5.32 Å². The molecule has 0 aliphatic heterocycles. The fraction of sp³-hybridized carbons (Fsp3) is 0. The molecule has 84 valence electrons. The minimum atomic E-state index is -0.686. The van der Waals surface area contributed by atoms with Crippen LogP contribution in [-0.4, -0.2) is 9.97 Å². The molecule has 0 amide bonds. The highest BCUT2D eigenvalue weighted by Crippen LogP contribution is 2.16. The van der Waals surface area contributed by atoms with E-state index in [-0.39, 0.29) is 11.4 Å². The zero-order valence-corrected chi connectivity index (χ0v) is 8.48. The second kappa shape index (κ2) is 4.53. The number of nitriles is 1. The Morgan fingerprint density at radius 1 is 1.06 bits per heavy atom. The van der Waals surface area contributed by atoms with E-state index in [1.165, 1.54) is 12.4 Å². The Bertz CT molecular complexity index is 555. The minimum Gasteiger partial charge on any atom is -0.339 e. The van der Waals surface area contributed by atoms with Gasteiger partial charge in [0, 0.05) is 11.8 Å². The summed E-state index contributed by atoms with van der Waals surface area (Å²) in [5.74, 6) is -1.07. The predicted molar refractivity (Wildman–Crippen MR) is 56.4 cm³/mol. The van der Waals surface area contributed by atoms with E-state index in [0.29, 0.717) is 5.82 Å². The minimum absolute atomic E-state index is 0.168. The standard InChI is InChI=1S/C11H6F2N4/c12-7-1-8(13)3-9(2-7)17-11-6-15-10(4-14)5-16-11/h1-3,5-6H,(H,16,17). The molecular formula is C11H6F2N4. The van der Waals surface area contributed by atoms with Crippen LogP contribution in [0.4, 0.5) is 20.3 Å². The zero-order chi connectivity index (χ0) is 12.3. The zero-order valence-electron chi connectivity index (χ0n) is 8.48. The summed E-state index contributed by atoms with van der Waals surface area (Å²) in [7, 11) is 0. The second-order valence-corrected chi connectivity index (χ2v) is 3.18. The van der Waals surface area contributed by atoms with Crippen molar-refractivity contribution in [2.24, 2.45) is 0 Å². The van der Waals surface area contributed by atoms with E-state index < -0.39 is 11.6 Å². The Kier molecular flexibility index (Phi) is 2.92. The van der Waals surface area contributed by atoms with Crippen molar-refractivity contribution in [3.05, 3.63) is 47.9 Å². The van der Waals surface area contributed by atoms with Crippen LogP contribution in [0.2, 0.25) is 0 Å². The molecule has 0 unspecified atom stereocenters. The van der Waals surface area contributed by atoms with Gasteiger partial charge in [0.25, 0.3) is 0 Å². The molecule has 0 saturated carbocycles. The van der Waals surface area contributed by atoms with E-state index in [1.54, 1.807) is 0 Å². The first kappa shape index (κ1) is 11.0. The highest BCUT2D eigenvalue weighted by atomic mass is 19.1. The molecule has 0 atom stereocenters. The molecule has 0 bridgehead atoms. The summed E-state index contributed by atoms with van der Waals surface area (Å²) in [6.45, 7) is 0. The number of aromatic nitrogens is 2. The lowest BCUT2D eigenvalue weighted by Crippen LogP contribution is -1.96. The summed E-state index contributed by atoms with van der Waals surface area (Å²) >= 11 is 0. The van der Waals surface area contributed by atoms with Crippen molar-refractivity contribution in [3.63, 3.8) is 0 Å². The van der Waals surface area contributed by atoms with E-state index in [4.69, 9.17) is 5.26 Å². The summed E-state index contributed by atoms with van der Waals surface area (Å²) < 4.78 is 25.8. The van der Waals surface area contributed by atoms with Gasteiger partial charge in [-0.05, 0) is 12.1 Å². The molecule has 4 nitrogen and oxygen atoms in total. The fourth-order valence-electron chi connectivity index (χ4n) is 1.22. The first-order chi connectivity index (χ1) is 8.17. The number of nitrogens with zero attached hydrogens (tertiary/aromatic N) is 3. The number of rotatable bonds is 2. The van der Waals surface area contributed by atoms with Crippen molar-refractivity contribution in [1.82, 2.24) is 9.97 Å². The third-order valence-corrected chi connectivity index (χ3v) is 1.90. The van der Waals surface area contributed by atoms with E-state index in [0.717, 1.165) is 18.2 Å². The molecule has 2 rings (SSSR count).